The SMILES string of the molecule is Cc1ccc(-c2cc(C(=O)C[C@H](C)c3ccncc3F)cc(C3=NOC4(CCC4)C3)c2)c(F)c1. The molecule has 6 heteroatoms. The van der Waals surface area contributed by atoms with Crippen LogP contribution in [0.4, 0.5) is 8.78 Å². The van der Waals surface area contributed by atoms with E-state index in [2.05, 4.69) is 10.1 Å². The van der Waals surface area contributed by atoms with Gasteiger partial charge in [-0.15, -0.1) is 0 Å². The Hall–Kier alpha value is -3.41. The summed E-state index contributed by atoms with van der Waals surface area (Å²) in [6, 6.07) is 12.0. The Labute approximate surface area is 197 Å². The molecule has 2 aromatic carbocycles. The number of Topliss-reactive ketones (excluding diaryl/α,β-unsaturated/α-hetero) is 1. The normalized spacial score (nSPS) is 17.1. The van der Waals surface area contributed by atoms with Crippen LogP contribution in [0.3, 0.4) is 0 Å². The fourth-order valence-electron chi connectivity index (χ4n) is 4.77. The molecule has 34 heavy (non-hydrogen) atoms. The predicted octanol–water partition coefficient (Wildman–Crippen LogP) is 6.76. The smallest absolute Gasteiger partial charge is 0.163 e. The first-order valence-corrected chi connectivity index (χ1v) is 11.6. The van der Waals surface area contributed by atoms with Crippen LogP contribution in [0.5, 0.6) is 0 Å². The van der Waals surface area contributed by atoms with Crippen molar-refractivity contribution in [2.24, 2.45) is 5.16 Å². The molecule has 1 aliphatic heterocycles. The molecular weight excluding hydrogens is 434 g/mol. The largest absolute Gasteiger partial charge is 0.389 e. The molecule has 1 atom stereocenters. The molecule has 174 valence electrons. The minimum atomic E-state index is -0.428. The van der Waals surface area contributed by atoms with Crippen molar-refractivity contribution in [1.82, 2.24) is 4.98 Å². The summed E-state index contributed by atoms with van der Waals surface area (Å²) in [6.45, 7) is 3.65. The molecule has 2 aliphatic rings. The highest BCUT2D eigenvalue weighted by atomic mass is 19.1. The highest BCUT2D eigenvalue weighted by Crippen LogP contribution is 2.43. The number of aryl methyl sites for hydroxylation is 1. The average Bonchev–Trinajstić information content (AvgIpc) is 3.26. The Morgan fingerprint density at radius 2 is 1.88 bits per heavy atom. The second-order valence-corrected chi connectivity index (χ2v) is 9.55. The van der Waals surface area contributed by atoms with E-state index in [0.29, 0.717) is 28.7 Å². The zero-order valence-corrected chi connectivity index (χ0v) is 19.3. The van der Waals surface area contributed by atoms with Gasteiger partial charge in [0.1, 0.15) is 17.2 Å². The highest BCUT2D eigenvalue weighted by Gasteiger charge is 2.45. The molecule has 1 spiro atoms. The molecule has 0 bridgehead atoms. The van der Waals surface area contributed by atoms with Crippen molar-refractivity contribution in [3.05, 3.63) is 88.7 Å². The number of pyridine rings is 1. The first-order chi connectivity index (χ1) is 16.3. The van der Waals surface area contributed by atoms with Gasteiger partial charge in [0.2, 0.25) is 0 Å². The van der Waals surface area contributed by atoms with E-state index in [1.807, 2.05) is 26.0 Å². The number of ketones is 1. The van der Waals surface area contributed by atoms with Crippen molar-refractivity contribution >= 4 is 11.5 Å². The van der Waals surface area contributed by atoms with Gasteiger partial charge in [0.25, 0.3) is 0 Å². The molecule has 0 radical (unpaired) electrons. The first-order valence-electron chi connectivity index (χ1n) is 11.6. The van der Waals surface area contributed by atoms with Crippen molar-refractivity contribution in [3.63, 3.8) is 0 Å². The number of aromatic nitrogens is 1. The Kier molecular flexibility index (Phi) is 5.76. The lowest BCUT2D eigenvalue weighted by Crippen LogP contribution is -2.36. The lowest BCUT2D eigenvalue weighted by molar-refractivity contribution is -0.0755. The van der Waals surface area contributed by atoms with Crippen LogP contribution in [0, 0.1) is 18.6 Å². The molecule has 3 aromatic rings. The summed E-state index contributed by atoms with van der Waals surface area (Å²) in [4.78, 5) is 22.8. The molecule has 1 fully saturated rings. The molecule has 0 saturated heterocycles. The van der Waals surface area contributed by atoms with E-state index < -0.39 is 5.82 Å². The zero-order valence-electron chi connectivity index (χ0n) is 19.3. The van der Waals surface area contributed by atoms with Crippen LogP contribution in [0.1, 0.15) is 72.0 Å². The van der Waals surface area contributed by atoms with Gasteiger partial charge in [-0.05, 0) is 79.1 Å². The number of rotatable bonds is 6. The van der Waals surface area contributed by atoms with Gasteiger partial charge in [-0.1, -0.05) is 24.2 Å². The van der Waals surface area contributed by atoms with Crippen LogP contribution in [0.2, 0.25) is 0 Å². The number of oxime groups is 1. The molecule has 1 aliphatic carbocycles. The van der Waals surface area contributed by atoms with Gasteiger partial charge in [-0.25, -0.2) is 8.78 Å². The molecule has 4 nitrogen and oxygen atoms in total. The number of carbonyl (C=O) groups excluding carboxylic acids is 1. The topological polar surface area (TPSA) is 51.5 Å². The number of nitrogens with zero attached hydrogens (tertiary/aromatic N) is 2. The third-order valence-corrected chi connectivity index (χ3v) is 6.95. The lowest BCUT2D eigenvalue weighted by atomic mass is 9.76. The average molecular weight is 461 g/mol. The van der Waals surface area contributed by atoms with Gasteiger partial charge < -0.3 is 4.84 Å². The summed E-state index contributed by atoms with van der Waals surface area (Å²) < 4.78 is 29.0. The zero-order chi connectivity index (χ0) is 23.9. The number of benzene rings is 2. The van der Waals surface area contributed by atoms with Crippen molar-refractivity contribution in [2.45, 2.75) is 57.5 Å². The Morgan fingerprint density at radius 3 is 2.56 bits per heavy atom. The Morgan fingerprint density at radius 1 is 1.09 bits per heavy atom. The van der Waals surface area contributed by atoms with Crippen molar-refractivity contribution < 1.29 is 18.4 Å². The van der Waals surface area contributed by atoms with Gasteiger partial charge in [-0.3, -0.25) is 9.78 Å². The molecule has 0 unspecified atom stereocenters. The number of halogens is 2. The van der Waals surface area contributed by atoms with Crippen molar-refractivity contribution in [3.8, 4) is 11.1 Å². The highest BCUT2D eigenvalue weighted by molar-refractivity contribution is 6.06. The quantitative estimate of drug-likeness (QED) is 0.382. The first kappa shape index (κ1) is 22.4. The fourth-order valence-corrected chi connectivity index (χ4v) is 4.77. The van der Waals surface area contributed by atoms with Gasteiger partial charge in [0.15, 0.2) is 5.78 Å². The molecular formula is C28H26F2N2O2. The van der Waals surface area contributed by atoms with Crippen LogP contribution < -0.4 is 0 Å². The maximum atomic E-state index is 14.9. The van der Waals surface area contributed by atoms with Crippen LogP contribution in [0.15, 0.2) is 60.0 Å². The van der Waals surface area contributed by atoms with Crippen LogP contribution in [-0.2, 0) is 4.84 Å². The summed E-state index contributed by atoms with van der Waals surface area (Å²) in [5.74, 6) is -1.24. The monoisotopic (exact) mass is 460 g/mol. The number of carbonyl (C=O) groups is 1. The van der Waals surface area contributed by atoms with E-state index in [-0.39, 0.29) is 29.5 Å². The van der Waals surface area contributed by atoms with E-state index in [0.717, 1.165) is 42.3 Å². The van der Waals surface area contributed by atoms with Crippen molar-refractivity contribution in [1.29, 1.82) is 0 Å². The van der Waals surface area contributed by atoms with Crippen LogP contribution in [-0.4, -0.2) is 22.1 Å². The maximum absolute atomic E-state index is 14.9. The summed E-state index contributed by atoms with van der Waals surface area (Å²) in [5.41, 5.74) is 4.06. The van der Waals surface area contributed by atoms with E-state index in [1.54, 1.807) is 24.3 Å². The molecule has 1 aromatic heterocycles. The third kappa shape index (κ3) is 4.25. The summed E-state index contributed by atoms with van der Waals surface area (Å²) >= 11 is 0. The molecule has 2 heterocycles. The fraction of sp³-hybridized carbons (Fsp3) is 0.321. The van der Waals surface area contributed by atoms with Crippen LogP contribution in [0.25, 0.3) is 11.1 Å². The van der Waals surface area contributed by atoms with Gasteiger partial charge in [0.05, 0.1) is 11.9 Å². The third-order valence-electron chi connectivity index (χ3n) is 6.95. The van der Waals surface area contributed by atoms with Gasteiger partial charge in [0, 0.05) is 35.7 Å². The summed E-state index contributed by atoms with van der Waals surface area (Å²) in [6.07, 6.45) is 6.52. The molecule has 0 N–H and O–H groups in total. The molecule has 0 amide bonds. The maximum Gasteiger partial charge on any atom is 0.163 e. The van der Waals surface area contributed by atoms with Gasteiger partial charge >= 0.3 is 0 Å². The predicted molar refractivity (Wildman–Crippen MR) is 127 cm³/mol. The van der Waals surface area contributed by atoms with Crippen molar-refractivity contribution in [2.75, 3.05) is 0 Å². The van der Waals surface area contributed by atoms with E-state index in [4.69, 9.17) is 4.84 Å². The van der Waals surface area contributed by atoms with E-state index >= 15 is 0 Å². The second-order valence-electron chi connectivity index (χ2n) is 9.55. The lowest BCUT2D eigenvalue weighted by Gasteiger charge is -2.34. The summed E-state index contributed by atoms with van der Waals surface area (Å²) in [7, 11) is 0. The van der Waals surface area contributed by atoms with E-state index in [1.165, 1.54) is 12.3 Å². The van der Waals surface area contributed by atoms with Gasteiger partial charge in [-0.2, -0.15) is 0 Å². The number of hydrogen-bond acceptors (Lipinski definition) is 4. The molecule has 1 saturated carbocycles. The Balaban J connectivity index is 1.50. The van der Waals surface area contributed by atoms with Crippen LogP contribution >= 0.6 is 0 Å². The Bertz CT molecular complexity index is 1300. The van der Waals surface area contributed by atoms with E-state index in [9.17, 15) is 13.6 Å². The number of hydrogen-bond donors (Lipinski definition) is 0. The standard InChI is InChI=1S/C28H26F2N2O2/c1-17-4-5-23(24(29)10-17)19-12-20(26-15-28(34-32-26)7-3-8-28)14-21(13-19)27(33)11-18(2)22-6-9-31-16-25(22)30/h4-6,9-10,12-14,16,18H,3,7-8,11,15H2,1-2H3/t18-/m0/s1. The minimum absolute atomic E-state index is 0.118. The minimum Gasteiger partial charge on any atom is -0.389 e. The second kappa shape index (κ2) is 8.75. The molecule has 5 rings (SSSR count). The summed E-state index contributed by atoms with van der Waals surface area (Å²) in [5, 5.41) is 4.33.